The van der Waals surface area contributed by atoms with Gasteiger partial charge in [0.05, 0.1) is 20.7 Å². The van der Waals surface area contributed by atoms with Crippen molar-refractivity contribution < 1.29 is 13.6 Å². The molecule has 7 heteroatoms. The van der Waals surface area contributed by atoms with Crippen LogP contribution < -0.4 is 5.32 Å². The molecule has 0 saturated carbocycles. The van der Waals surface area contributed by atoms with Crippen LogP contribution in [0.25, 0.3) is 0 Å². The molecule has 3 nitrogen and oxygen atoms in total. The van der Waals surface area contributed by atoms with E-state index in [1.165, 1.54) is 12.3 Å². The van der Waals surface area contributed by atoms with Crippen LogP contribution in [-0.4, -0.2) is 10.9 Å². The van der Waals surface area contributed by atoms with Gasteiger partial charge in [-0.25, -0.2) is 8.78 Å². The summed E-state index contributed by atoms with van der Waals surface area (Å²) in [7, 11) is 0. The highest BCUT2D eigenvalue weighted by atomic mass is 79.9. The van der Waals surface area contributed by atoms with Gasteiger partial charge in [0.2, 0.25) is 0 Å². The van der Waals surface area contributed by atoms with Crippen LogP contribution in [-0.2, 0) is 0 Å². The zero-order chi connectivity index (χ0) is 14.9. The summed E-state index contributed by atoms with van der Waals surface area (Å²) in [5.74, 6) is -2.11. The zero-order valence-electron chi connectivity index (χ0n) is 10.2. The first-order chi connectivity index (χ1) is 9.38. The molecule has 104 valence electrons. The highest BCUT2D eigenvalue weighted by Crippen LogP contribution is 2.24. The summed E-state index contributed by atoms with van der Waals surface area (Å²) in [5, 5.41) is 2.44. The number of hydrogen-bond acceptors (Lipinski definition) is 2. The fourth-order valence-corrected chi connectivity index (χ4v) is 2.11. The van der Waals surface area contributed by atoms with E-state index in [4.69, 9.17) is 11.6 Å². The third-order valence-corrected chi connectivity index (χ3v) is 3.41. The molecule has 0 fully saturated rings. The van der Waals surface area contributed by atoms with Gasteiger partial charge >= 0.3 is 0 Å². The summed E-state index contributed by atoms with van der Waals surface area (Å²) in [4.78, 5) is 15.9. The maximum absolute atomic E-state index is 13.6. The van der Waals surface area contributed by atoms with Crippen LogP contribution >= 0.6 is 27.5 Å². The van der Waals surface area contributed by atoms with Gasteiger partial charge in [-0.1, -0.05) is 11.6 Å². The van der Waals surface area contributed by atoms with Crippen LogP contribution in [0.3, 0.4) is 0 Å². The summed E-state index contributed by atoms with van der Waals surface area (Å²) < 4.78 is 26.9. The second kappa shape index (κ2) is 5.85. The lowest BCUT2D eigenvalue weighted by Crippen LogP contribution is -2.14. The van der Waals surface area contributed by atoms with Gasteiger partial charge in [0, 0.05) is 18.0 Å². The fourth-order valence-electron chi connectivity index (χ4n) is 1.50. The number of amides is 1. The number of nitrogens with one attached hydrogen (secondary N) is 1. The van der Waals surface area contributed by atoms with Crippen molar-refractivity contribution in [3.05, 3.63) is 56.8 Å². The van der Waals surface area contributed by atoms with Gasteiger partial charge in [0.25, 0.3) is 5.91 Å². The smallest absolute Gasteiger partial charge is 0.258 e. The van der Waals surface area contributed by atoms with E-state index < -0.39 is 17.5 Å². The molecule has 1 aromatic carbocycles. The number of rotatable bonds is 2. The van der Waals surface area contributed by atoms with E-state index in [-0.39, 0.29) is 20.7 Å². The van der Waals surface area contributed by atoms with Gasteiger partial charge in [-0.3, -0.25) is 9.78 Å². The summed E-state index contributed by atoms with van der Waals surface area (Å²) in [6.45, 7) is 1.72. The summed E-state index contributed by atoms with van der Waals surface area (Å²) in [6, 6.07) is 3.32. The average Bonchev–Trinajstić information content (AvgIpc) is 2.35. The van der Waals surface area contributed by atoms with Crippen LogP contribution in [0.15, 0.2) is 28.9 Å². The van der Waals surface area contributed by atoms with Crippen molar-refractivity contribution in [1.29, 1.82) is 0 Å². The van der Waals surface area contributed by atoms with Crippen LogP contribution in [0.1, 0.15) is 16.1 Å². The fraction of sp³-hybridized carbons (Fsp3) is 0.0769. The van der Waals surface area contributed by atoms with Crippen LogP contribution in [0.2, 0.25) is 5.02 Å². The maximum Gasteiger partial charge on any atom is 0.258 e. The molecule has 0 aliphatic heterocycles. The summed E-state index contributed by atoms with van der Waals surface area (Å²) in [6.07, 6.45) is 1.28. The number of carbonyl (C=O) groups is 1. The highest BCUT2D eigenvalue weighted by Gasteiger charge is 2.15. The largest absolute Gasteiger partial charge is 0.319 e. The molecule has 20 heavy (non-hydrogen) atoms. The normalized spacial score (nSPS) is 10.4. The van der Waals surface area contributed by atoms with E-state index in [0.29, 0.717) is 5.69 Å². The second-order valence-electron chi connectivity index (χ2n) is 4.01. The third-order valence-electron chi connectivity index (χ3n) is 2.49. The Bertz CT molecular complexity index is 694. The highest BCUT2D eigenvalue weighted by molar-refractivity contribution is 9.10. The Morgan fingerprint density at radius 3 is 2.65 bits per heavy atom. The van der Waals surface area contributed by atoms with Crippen molar-refractivity contribution in [2.45, 2.75) is 6.92 Å². The van der Waals surface area contributed by atoms with Crippen molar-refractivity contribution >= 4 is 39.1 Å². The first-order valence-electron chi connectivity index (χ1n) is 5.46. The molecule has 0 atom stereocenters. The molecule has 0 unspecified atom stereocenters. The Labute approximate surface area is 127 Å². The summed E-state index contributed by atoms with van der Waals surface area (Å²) >= 11 is 8.76. The molecule has 0 bridgehead atoms. The predicted octanol–water partition coefficient (Wildman–Crippen LogP) is 4.34. The molecule has 0 aliphatic rings. The molecule has 1 amide bonds. The molecular weight excluding hydrogens is 354 g/mol. The van der Waals surface area contributed by atoms with Gasteiger partial charge in [-0.2, -0.15) is 0 Å². The number of benzene rings is 1. The van der Waals surface area contributed by atoms with E-state index in [0.717, 1.165) is 12.1 Å². The minimum atomic E-state index is -0.761. The molecule has 1 heterocycles. The van der Waals surface area contributed by atoms with E-state index in [1.807, 2.05) is 0 Å². The van der Waals surface area contributed by atoms with Gasteiger partial charge in [-0.05, 0) is 35.0 Å². The maximum atomic E-state index is 13.6. The van der Waals surface area contributed by atoms with Crippen molar-refractivity contribution in [2.24, 2.45) is 0 Å². The molecule has 2 rings (SSSR count). The molecule has 1 aromatic heterocycles. The van der Waals surface area contributed by atoms with Crippen LogP contribution in [0.4, 0.5) is 14.5 Å². The Morgan fingerprint density at radius 1 is 1.30 bits per heavy atom. The Balaban J connectivity index is 2.30. The van der Waals surface area contributed by atoms with E-state index in [1.54, 1.807) is 6.92 Å². The molecular formula is C13H8BrClF2N2O. The van der Waals surface area contributed by atoms with Crippen molar-refractivity contribution in [2.75, 3.05) is 5.32 Å². The van der Waals surface area contributed by atoms with Crippen molar-refractivity contribution in [1.82, 2.24) is 4.98 Å². The number of nitrogens with zero attached hydrogens (tertiary/aromatic N) is 1. The number of halogens is 4. The van der Waals surface area contributed by atoms with Crippen molar-refractivity contribution in [3.63, 3.8) is 0 Å². The Kier molecular flexibility index (Phi) is 4.35. The lowest BCUT2D eigenvalue weighted by molar-refractivity contribution is 0.102. The monoisotopic (exact) mass is 360 g/mol. The SMILES string of the molecule is Cc1cc(Cl)c(C(=O)Nc2cc(F)c(Br)cc2F)cn1. The van der Waals surface area contributed by atoms with Gasteiger partial charge in [0.1, 0.15) is 11.6 Å². The summed E-state index contributed by atoms with van der Waals surface area (Å²) in [5.41, 5.74) is 0.458. The standard InChI is InChI=1S/C13H8BrClF2N2O/c1-6-2-9(15)7(5-18-6)13(20)19-12-4-10(16)8(14)3-11(12)17/h2-5H,1H3,(H,19,20). The second-order valence-corrected chi connectivity index (χ2v) is 5.27. The van der Waals surface area contributed by atoms with E-state index in [9.17, 15) is 13.6 Å². The molecule has 1 N–H and O–H groups in total. The number of pyridine rings is 1. The molecule has 0 aliphatic carbocycles. The number of aromatic nitrogens is 1. The zero-order valence-corrected chi connectivity index (χ0v) is 12.5. The minimum Gasteiger partial charge on any atom is -0.319 e. The molecule has 0 saturated heterocycles. The molecule has 0 radical (unpaired) electrons. The van der Waals surface area contributed by atoms with Gasteiger partial charge in [-0.15, -0.1) is 0 Å². The van der Waals surface area contributed by atoms with E-state index >= 15 is 0 Å². The first-order valence-corrected chi connectivity index (χ1v) is 6.63. The topological polar surface area (TPSA) is 42.0 Å². The quantitative estimate of drug-likeness (QED) is 0.809. The van der Waals surface area contributed by atoms with Crippen LogP contribution in [0, 0.1) is 18.6 Å². The average molecular weight is 362 g/mol. The number of aryl methyl sites for hydroxylation is 1. The number of anilines is 1. The van der Waals surface area contributed by atoms with Crippen LogP contribution in [0.5, 0.6) is 0 Å². The number of carbonyl (C=O) groups excluding carboxylic acids is 1. The van der Waals surface area contributed by atoms with E-state index in [2.05, 4.69) is 26.2 Å². The Hall–Kier alpha value is -1.53. The Morgan fingerprint density at radius 2 is 2.00 bits per heavy atom. The minimum absolute atomic E-state index is 0.0250. The van der Waals surface area contributed by atoms with Gasteiger partial charge in [0.15, 0.2) is 0 Å². The molecule has 0 spiro atoms. The third kappa shape index (κ3) is 3.13. The lowest BCUT2D eigenvalue weighted by atomic mass is 10.2. The lowest BCUT2D eigenvalue weighted by Gasteiger charge is -2.08. The number of hydrogen-bond donors (Lipinski definition) is 1. The molecule has 2 aromatic rings. The van der Waals surface area contributed by atoms with Crippen molar-refractivity contribution in [3.8, 4) is 0 Å². The van der Waals surface area contributed by atoms with Gasteiger partial charge < -0.3 is 5.32 Å². The predicted molar refractivity (Wildman–Crippen MR) is 76.0 cm³/mol. The first kappa shape index (κ1) is 14.9.